The summed E-state index contributed by atoms with van der Waals surface area (Å²) in [6, 6.07) is 32.9. The van der Waals surface area contributed by atoms with Gasteiger partial charge >= 0.3 is 0 Å². The second kappa shape index (κ2) is 18.5. The first-order valence-corrected chi connectivity index (χ1v) is 20.3. The highest BCUT2D eigenvalue weighted by Crippen LogP contribution is 2.51. The molecule has 0 bridgehead atoms. The second-order valence-electron chi connectivity index (χ2n) is 15.7. The van der Waals surface area contributed by atoms with Gasteiger partial charge in [-0.05, 0) is 116 Å². The summed E-state index contributed by atoms with van der Waals surface area (Å²) in [5, 5.41) is 0. The van der Waals surface area contributed by atoms with Crippen molar-refractivity contribution in [2.75, 3.05) is 11.5 Å². The molecule has 2 saturated carbocycles. The van der Waals surface area contributed by atoms with Crippen LogP contribution in [0.1, 0.15) is 134 Å². The molecule has 4 aromatic carbocycles. The van der Waals surface area contributed by atoms with Crippen LogP contribution in [0.3, 0.4) is 0 Å². The van der Waals surface area contributed by atoms with E-state index in [0.717, 1.165) is 40.8 Å². The fraction of sp³-hybridized carbons (Fsp3) is 0.489. The molecule has 51 heavy (non-hydrogen) atoms. The summed E-state index contributed by atoms with van der Waals surface area (Å²) in [5.41, 5.74) is 16.1. The van der Waals surface area contributed by atoms with E-state index >= 15 is 0 Å². The number of hydrogen-bond acceptors (Lipinski definition) is 4. The monoisotopic (exact) mass is 686 g/mol. The predicted octanol–water partition coefficient (Wildman–Crippen LogP) is 13.6. The van der Waals surface area contributed by atoms with E-state index in [4.69, 9.17) is 20.9 Å². The highest BCUT2D eigenvalue weighted by atomic mass is 16.5. The normalized spacial score (nSPS) is 19.1. The molecule has 0 aromatic heterocycles. The zero-order valence-corrected chi connectivity index (χ0v) is 31.2. The van der Waals surface area contributed by atoms with E-state index in [2.05, 4.69) is 55.5 Å². The van der Waals surface area contributed by atoms with Crippen LogP contribution in [0.15, 0.2) is 97.1 Å². The van der Waals surface area contributed by atoms with Crippen molar-refractivity contribution in [2.45, 2.75) is 128 Å². The number of benzene rings is 4. The Hall–Kier alpha value is -3.92. The maximum atomic E-state index is 6.18. The van der Waals surface area contributed by atoms with Crippen molar-refractivity contribution in [1.29, 1.82) is 0 Å². The molecule has 2 fully saturated rings. The molecule has 0 amide bonds. The molecule has 4 nitrogen and oxygen atoms in total. The third-order valence-corrected chi connectivity index (χ3v) is 12.2. The average Bonchev–Trinajstić information content (AvgIpc) is 3.15. The van der Waals surface area contributed by atoms with E-state index < -0.39 is 0 Å². The number of nitrogens with two attached hydrogens (primary N) is 2. The first-order chi connectivity index (χ1) is 25.0. The van der Waals surface area contributed by atoms with Gasteiger partial charge in [-0.25, -0.2) is 0 Å². The van der Waals surface area contributed by atoms with Crippen LogP contribution in [0, 0.1) is 17.8 Å². The van der Waals surface area contributed by atoms with Gasteiger partial charge in [0.25, 0.3) is 0 Å². The van der Waals surface area contributed by atoms with Crippen LogP contribution < -0.4 is 20.9 Å². The summed E-state index contributed by atoms with van der Waals surface area (Å²) in [4.78, 5) is 0. The van der Waals surface area contributed by atoms with Crippen LogP contribution in [-0.4, -0.2) is 0 Å². The minimum atomic E-state index is -0.0326. The van der Waals surface area contributed by atoms with Crippen LogP contribution in [0.4, 0.5) is 11.4 Å². The van der Waals surface area contributed by atoms with Crippen LogP contribution in [0.5, 0.6) is 23.0 Å². The van der Waals surface area contributed by atoms with E-state index in [9.17, 15) is 0 Å². The first kappa shape index (κ1) is 36.9. The average molecular weight is 687 g/mol. The Morgan fingerprint density at radius 1 is 0.510 bits per heavy atom. The Bertz CT molecular complexity index is 1510. The third-order valence-electron chi connectivity index (χ3n) is 12.2. The standard InChI is InChI=1S/C47H62N2O2/c1-2-3-4-5-6-7-8-9-10-13-36-18-20-37(21-19-36)38-30-32-47(33-31-38,39-22-26-43(27-23-39)50-45-16-11-14-41(48)34-45)40-24-28-44(29-25-40)51-46-17-12-15-42(49)35-46/h11-12,14-17,22-29,34-38H,2-10,13,18-21,30-33,48-49H2,1H3. The number of anilines is 2. The number of rotatable bonds is 17. The van der Waals surface area contributed by atoms with Crippen molar-refractivity contribution in [3.63, 3.8) is 0 Å². The summed E-state index contributed by atoms with van der Waals surface area (Å²) in [6.45, 7) is 2.30. The molecule has 2 aliphatic rings. The molecule has 0 unspecified atom stereocenters. The van der Waals surface area contributed by atoms with Gasteiger partial charge in [-0.1, -0.05) is 120 Å². The van der Waals surface area contributed by atoms with E-state index in [-0.39, 0.29) is 5.41 Å². The zero-order valence-electron chi connectivity index (χ0n) is 31.2. The molecule has 6 rings (SSSR count). The lowest BCUT2D eigenvalue weighted by molar-refractivity contribution is 0.140. The summed E-state index contributed by atoms with van der Waals surface area (Å²) in [6.07, 6.45) is 25.0. The maximum Gasteiger partial charge on any atom is 0.129 e. The Morgan fingerprint density at radius 3 is 1.43 bits per heavy atom. The maximum absolute atomic E-state index is 6.18. The fourth-order valence-corrected chi connectivity index (χ4v) is 9.15. The Kier molecular flexibility index (Phi) is 13.4. The number of nitrogen functional groups attached to an aromatic ring is 2. The summed E-state index contributed by atoms with van der Waals surface area (Å²) >= 11 is 0. The van der Waals surface area contributed by atoms with Gasteiger partial charge in [0.05, 0.1) is 0 Å². The minimum absolute atomic E-state index is 0.0326. The molecule has 0 aliphatic heterocycles. The Morgan fingerprint density at radius 2 is 0.961 bits per heavy atom. The zero-order chi connectivity index (χ0) is 35.3. The molecule has 4 aromatic rings. The van der Waals surface area contributed by atoms with Crippen LogP contribution in [0.25, 0.3) is 0 Å². The van der Waals surface area contributed by atoms with Crippen molar-refractivity contribution in [1.82, 2.24) is 0 Å². The third kappa shape index (κ3) is 10.3. The molecule has 0 spiro atoms. The number of unbranched alkanes of at least 4 members (excludes halogenated alkanes) is 8. The molecule has 0 saturated heterocycles. The largest absolute Gasteiger partial charge is 0.457 e. The topological polar surface area (TPSA) is 70.5 Å². The molecular weight excluding hydrogens is 625 g/mol. The second-order valence-corrected chi connectivity index (χ2v) is 15.7. The van der Waals surface area contributed by atoms with E-state index in [0.29, 0.717) is 11.4 Å². The van der Waals surface area contributed by atoms with Crippen molar-refractivity contribution in [3.05, 3.63) is 108 Å². The Labute approximate surface area is 308 Å². The SMILES string of the molecule is CCCCCCCCCCCC1CCC(C2CCC(c3ccc(Oc4cccc(N)c4)cc3)(c3ccc(Oc4cccc(N)c4)cc3)CC2)CC1. The first-order valence-electron chi connectivity index (χ1n) is 20.3. The van der Waals surface area contributed by atoms with Gasteiger partial charge in [0.15, 0.2) is 0 Å². The summed E-state index contributed by atoms with van der Waals surface area (Å²) in [5.74, 6) is 5.88. The van der Waals surface area contributed by atoms with Gasteiger partial charge in [-0.15, -0.1) is 0 Å². The quantitative estimate of drug-likeness (QED) is 0.0857. The van der Waals surface area contributed by atoms with E-state index in [1.54, 1.807) is 0 Å². The minimum Gasteiger partial charge on any atom is -0.457 e. The van der Waals surface area contributed by atoms with Crippen molar-refractivity contribution < 1.29 is 9.47 Å². The van der Waals surface area contributed by atoms with Gasteiger partial charge in [-0.3, -0.25) is 0 Å². The highest BCUT2D eigenvalue weighted by Gasteiger charge is 2.41. The summed E-state index contributed by atoms with van der Waals surface area (Å²) in [7, 11) is 0. The van der Waals surface area contributed by atoms with Gasteiger partial charge in [0, 0.05) is 28.9 Å². The van der Waals surface area contributed by atoms with Crippen LogP contribution in [-0.2, 0) is 5.41 Å². The molecule has 4 N–H and O–H groups in total. The lowest BCUT2D eigenvalue weighted by atomic mass is 9.60. The highest BCUT2D eigenvalue weighted by molar-refractivity contribution is 5.48. The van der Waals surface area contributed by atoms with Crippen molar-refractivity contribution in [3.8, 4) is 23.0 Å². The fourth-order valence-electron chi connectivity index (χ4n) is 9.15. The molecule has 0 atom stereocenters. The lowest BCUT2D eigenvalue weighted by Crippen LogP contribution is -2.35. The lowest BCUT2D eigenvalue weighted by Gasteiger charge is -2.44. The van der Waals surface area contributed by atoms with Crippen molar-refractivity contribution in [2.24, 2.45) is 17.8 Å². The van der Waals surface area contributed by atoms with Gasteiger partial charge < -0.3 is 20.9 Å². The van der Waals surface area contributed by atoms with Crippen LogP contribution in [0.2, 0.25) is 0 Å². The van der Waals surface area contributed by atoms with Gasteiger partial charge in [0.1, 0.15) is 23.0 Å². The van der Waals surface area contributed by atoms with Gasteiger partial charge in [-0.2, -0.15) is 0 Å². The molecular formula is C47H62N2O2. The molecule has 272 valence electrons. The van der Waals surface area contributed by atoms with Gasteiger partial charge in [0.2, 0.25) is 0 Å². The van der Waals surface area contributed by atoms with E-state index in [1.807, 2.05) is 48.5 Å². The van der Waals surface area contributed by atoms with Crippen LogP contribution >= 0.6 is 0 Å². The number of ether oxygens (including phenoxy) is 2. The van der Waals surface area contributed by atoms with E-state index in [1.165, 1.54) is 127 Å². The van der Waals surface area contributed by atoms with Crippen molar-refractivity contribution >= 4 is 11.4 Å². The molecule has 0 heterocycles. The molecule has 4 heteroatoms. The molecule has 0 radical (unpaired) electrons. The summed E-state index contributed by atoms with van der Waals surface area (Å²) < 4.78 is 12.4. The molecule has 2 aliphatic carbocycles. The Balaban J connectivity index is 1.07. The smallest absolute Gasteiger partial charge is 0.129 e. The predicted molar refractivity (Wildman–Crippen MR) is 215 cm³/mol. The number of hydrogen-bond donors (Lipinski definition) is 2.